The van der Waals surface area contributed by atoms with Gasteiger partial charge >= 0.3 is 0 Å². The van der Waals surface area contributed by atoms with Gasteiger partial charge in [-0.2, -0.15) is 0 Å². The van der Waals surface area contributed by atoms with Crippen LogP contribution in [0, 0.1) is 15.9 Å². The van der Waals surface area contributed by atoms with Crippen molar-refractivity contribution in [1.29, 1.82) is 0 Å². The Bertz CT molecular complexity index is 817. The maximum atomic E-state index is 12.8. The molecule has 0 spiro atoms. The fourth-order valence-corrected chi connectivity index (χ4v) is 2.15. The molecule has 0 aliphatic heterocycles. The molecule has 0 atom stereocenters. The number of nitro benzene ring substituents is 1. The van der Waals surface area contributed by atoms with Gasteiger partial charge in [-0.25, -0.2) is 4.39 Å². The molecular formula is C15H12ClFN4O3S. The average Bonchev–Trinajstić information content (AvgIpc) is 2.59. The highest BCUT2D eigenvalue weighted by Crippen LogP contribution is 2.22. The van der Waals surface area contributed by atoms with Crippen molar-refractivity contribution in [2.75, 3.05) is 0 Å². The van der Waals surface area contributed by atoms with Crippen LogP contribution in [0.3, 0.4) is 0 Å². The second-order valence-electron chi connectivity index (χ2n) is 4.81. The van der Waals surface area contributed by atoms with E-state index in [4.69, 9.17) is 23.8 Å². The van der Waals surface area contributed by atoms with Crippen LogP contribution in [0.2, 0.25) is 5.02 Å². The molecule has 10 heteroatoms. The minimum Gasteiger partial charge on any atom is -0.357 e. The molecule has 7 nitrogen and oxygen atoms in total. The van der Waals surface area contributed by atoms with E-state index in [1.807, 2.05) is 0 Å². The molecule has 0 aliphatic rings. The minimum absolute atomic E-state index is 0.0919. The number of carbonyl (C=O) groups excluding carboxylic acids is 1. The van der Waals surface area contributed by atoms with Crippen molar-refractivity contribution >= 4 is 40.5 Å². The maximum absolute atomic E-state index is 12.8. The second kappa shape index (κ2) is 8.36. The summed E-state index contributed by atoms with van der Waals surface area (Å²) in [4.78, 5) is 22.3. The second-order valence-corrected chi connectivity index (χ2v) is 5.65. The van der Waals surface area contributed by atoms with E-state index in [9.17, 15) is 19.3 Å². The van der Waals surface area contributed by atoms with Gasteiger partial charge in [0.05, 0.1) is 4.92 Å². The number of amides is 1. The lowest BCUT2D eigenvalue weighted by atomic mass is 10.2. The third-order valence-corrected chi connectivity index (χ3v) is 3.54. The van der Waals surface area contributed by atoms with E-state index < -0.39 is 16.5 Å². The van der Waals surface area contributed by atoms with Crippen LogP contribution in [-0.2, 0) is 6.54 Å². The Morgan fingerprint density at radius 2 is 1.88 bits per heavy atom. The number of hydrogen-bond acceptors (Lipinski definition) is 4. The number of carbonyl (C=O) groups is 1. The lowest BCUT2D eigenvalue weighted by Crippen LogP contribution is -2.46. The molecule has 2 aromatic carbocycles. The molecule has 0 aromatic heterocycles. The van der Waals surface area contributed by atoms with Crippen molar-refractivity contribution in [3.05, 3.63) is 74.5 Å². The molecule has 0 fully saturated rings. The van der Waals surface area contributed by atoms with Crippen molar-refractivity contribution in [2.45, 2.75) is 6.54 Å². The summed E-state index contributed by atoms with van der Waals surface area (Å²) in [5.74, 6) is -1.09. The quantitative estimate of drug-likeness (QED) is 0.427. The molecule has 130 valence electrons. The fraction of sp³-hybridized carbons (Fsp3) is 0.0667. The summed E-state index contributed by atoms with van der Waals surface area (Å²) >= 11 is 10.7. The number of hydrogen-bond donors (Lipinski definition) is 3. The van der Waals surface area contributed by atoms with Gasteiger partial charge in [-0.1, -0.05) is 23.7 Å². The standard InChI is InChI=1S/C15H12ClFN4O3S/c16-10-3-6-12(13(7-10)21(23)24)14(22)19-20-15(25)18-8-9-1-4-11(17)5-2-9/h1-7H,8H2,(H,19,22)(H2,18,20,25). The number of rotatable bonds is 4. The van der Waals surface area contributed by atoms with E-state index in [0.29, 0.717) is 6.54 Å². The monoisotopic (exact) mass is 382 g/mol. The first-order valence-electron chi connectivity index (χ1n) is 6.89. The van der Waals surface area contributed by atoms with E-state index in [-0.39, 0.29) is 21.5 Å². The summed E-state index contributed by atoms with van der Waals surface area (Å²) in [7, 11) is 0. The normalized spacial score (nSPS) is 10.0. The van der Waals surface area contributed by atoms with Crippen molar-refractivity contribution in [3.8, 4) is 0 Å². The van der Waals surface area contributed by atoms with E-state index in [2.05, 4.69) is 16.2 Å². The van der Waals surface area contributed by atoms with E-state index >= 15 is 0 Å². The molecule has 2 rings (SSSR count). The van der Waals surface area contributed by atoms with Crippen molar-refractivity contribution in [2.24, 2.45) is 0 Å². The smallest absolute Gasteiger partial charge is 0.283 e. The van der Waals surface area contributed by atoms with Crippen LogP contribution in [0.5, 0.6) is 0 Å². The van der Waals surface area contributed by atoms with Gasteiger partial charge in [-0.3, -0.25) is 25.8 Å². The van der Waals surface area contributed by atoms with Crippen molar-refractivity contribution in [3.63, 3.8) is 0 Å². The zero-order valence-electron chi connectivity index (χ0n) is 12.6. The first-order chi connectivity index (χ1) is 11.9. The summed E-state index contributed by atoms with van der Waals surface area (Å²) in [6, 6.07) is 9.49. The third-order valence-electron chi connectivity index (χ3n) is 3.06. The highest BCUT2D eigenvalue weighted by atomic mass is 35.5. The maximum Gasteiger partial charge on any atom is 0.283 e. The molecule has 0 bridgehead atoms. The summed E-state index contributed by atoms with van der Waals surface area (Å²) in [5, 5.41) is 14.0. The number of thiocarbonyl (C=S) groups is 1. The van der Waals surface area contributed by atoms with E-state index in [1.165, 1.54) is 24.3 Å². The molecule has 0 unspecified atom stereocenters. The minimum atomic E-state index is -0.741. The Balaban J connectivity index is 1.90. The first-order valence-corrected chi connectivity index (χ1v) is 7.68. The zero-order chi connectivity index (χ0) is 18.4. The van der Waals surface area contributed by atoms with Gasteiger partial charge in [0.15, 0.2) is 5.11 Å². The molecule has 1 amide bonds. The fourth-order valence-electron chi connectivity index (χ4n) is 1.86. The van der Waals surface area contributed by atoms with Gasteiger partial charge in [0.1, 0.15) is 11.4 Å². The Hall–Kier alpha value is -2.78. The highest BCUT2D eigenvalue weighted by molar-refractivity contribution is 7.80. The van der Waals surface area contributed by atoms with Crippen LogP contribution in [0.1, 0.15) is 15.9 Å². The van der Waals surface area contributed by atoms with Crippen LogP contribution in [0.15, 0.2) is 42.5 Å². The van der Waals surface area contributed by atoms with Gasteiger partial charge < -0.3 is 5.32 Å². The predicted molar refractivity (Wildman–Crippen MR) is 94.5 cm³/mol. The van der Waals surface area contributed by atoms with Crippen molar-refractivity contribution < 1.29 is 14.1 Å². The van der Waals surface area contributed by atoms with Crippen LogP contribution >= 0.6 is 23.8 Å². The molecule has 0 aliphatic carbocycles. The molecule has 0 heterocycles. The highest BCUT2D eigenvalue weighted by Gasteiger charge is 2.20. The SMILES string of the molecule is O=C(NNC(=S)NCc1ccc(F)cc1)c1ccc(Cl)cc1[N+](=O)[O-]. The van der Waals surface area contributed by atoms with Gasteiger partial charge in [0.2, 0.25) is 0 Å². The van der Waals surface area contributed by atoms with E-state index in [1.54, 1.807) is 12.1 Å². The Labute approximate surface area is 152 Å². The Morgan fingerprint density at radius 1 is 1.20 bits per heavy atom. The van der Waals surface area contributed by atoms with Gasteiger partial charge in [0, 0.05) is 17.6 Å². The molecule has 0 saturated heterocycles. The number of hydrazine groups is 1. The molecule has 0 saturated carbocycles. The van der Waals surface area contributed by atoms with Gasteiger partial charge in [0.25, 0.3) is 11.6 Å². The predicted octanol–water partition coefficient (Wildman–Crippen LogP) is 2.70. The number of nitrogens with zero attached hydrogens (tertiary/aromatic N) is 1. The Kier molecular flexibility index (Phi) is 6.20. The number of nitro groups is 1. The largest absolute Gasteiger partial charge is 0.357 e. The van der Waals surface area contributed by atoms with Crippen LogP contribution < -0.4 is 16.2 Å². The lowest BCUT2D eigenvalue weighted by molar-refractivity contribution is -0.385. The average molecular weight is 383 g/mol. The van der Waals surface area contributed by atoms with Crippen LogP contribution in [0.25, 0.3) is 0 Å². The van der Waals surface area contributed by atoms with Crippen LogP contribution in [-0.4, -0.2) is 15.9 Å². The number of nitrogens with one attached hydrogen (secondary N) is 3. The molecule has 0 radical (unpaired) electrons. The van der Waals surface area contributed by atoms with Gasteiger partial charge in [-0.15, -0.1) is 0 Å². The van der Waals surface area contributed by atoms with Gasteiger partial charge in [-0.05, 0) is 42.0 Å². The summed E-state index contributed by atoms with van der Waals surface area (Å²) < 4.78 is 12.8. The lowest BCUT2D eigenvalue weighted by Gasteiger charge is -2.12. The molecule has 25 heavy (non-hydrogen) atoms. The summed E-state index contributed by atoms with van der Waals surface area (Å²) in [6.07, 6.45) is 0. The third kappa shape index (κ3) is 5.37. The van der Waals surface area contributed by atoms with Crippen molar-refractivity contribution in [1.82, 2.24) is 16.2 Å². The number of halogens is 2. The molecular weight excluding hydrogens is 371 g/mol. The zero-order valence-corrected chi connectivity index (χ0v) is 14.2. The van der Waals surface area contributed by atoms with E-state index in [0.717, 1.165) is 11.6 Å². The summed E-state index contributed by atoms with van der Waals surface area (Å²) in [6.45, 7) is 0.309. The summed E-state index contributed by atoms with van der Waals surface area (Å²) in [5.41, 5.74) is 4.89. The molecule has 3 N–H and O–H groups in total. The molecule has 2 aromatic rings. The topological polar surface area (TPSA) is 96.3 Å². The van der Waals surface area contributed by atoms with Crippen LogP contribution in [0.4, 0.5) is 10.1 Å². The number of benzene rings is 2. The Morgan fingerprint density at radius 3 is 2.52 bits per heavy atom. The first kappa shape index (κ1) is 18.6.